The average molecular weight is 298 g/mol. The molecular formula is C13H16ClN3O3. The van der Waals surface area contributed by atoms with Crippen molar-refractivity contribution in [2.24, 2.45) is 0 Å². The molecule has 0 aliphatic heterocycles. The molecule has 0 spiro atoms. The summed E-state index contributed by atoms with van der Waals surface area (Å²) in [5, 5.41) is 17.1. The van der Waals surface area contributed by atoms with Crippen LogP contribution in [-0.2, 0) is 6.54 Å². The molecule has 1 atom stereocenters. The lowest BCUT2D eigenvalue weighted by Crippen LogP contribution is -2.31. The van der Waals surface area contributed by atoms with Crippen LogP contribution in [0.4, 0.5) is 0 Å². The van der Waals surface area contributed by atoms with Crippen molar-refractivity contribution in [1.29, 1.82) is 0 Å². The van der Waals surface area contributed by atoms with Crippen LogP contribution in [0.1, 0.15) is 11.7 Å². The van der Waals surface area contributed by atoms with E-state index in [-0.39, 0.29) is 6.61 Å². The van der Waals surface area contributed by atoms with Crippen molar-refractivity contribution in [3.63, 3.8) is 0 Å². The highest BCUT2D eigenvalue weighted by molar-refractivity contribution is 6.30. The summed E-state index contributed by atoms with van der Waals surface area (Å²) < 4.78 is 10.3. The molecular weight excluding hydrogens is 282 g/mol. The van der Waals surface area contributed by atoms with Gasteiger partial charge in [0.2, 0.25) is 5.89 Å². The predicted molar refractivity (Wildman–Crippen MR) is 73.7 cm³/mol. The molecule has 108 valence electrons. The van der Waals surface area contributed by atoms with Gasteiger partial charge in [-0.25, -0.2) is 0 Å². The lowest BCUT2D eigenvalue weighted by atomic mass is 10.3. The minimum atomic E-state index is -0.637. The largest absolute Gasteiger partial charge is 0.491 e. The van der Waals surface area contributed by atoms with Crippen molar-refractivity contribution in [2.75, 3.05) is 13.2 Å². The average Bonchev–Trinajstić information content (AvgIpc) is 2.82. The van der Waals surface area contributed by atoms with Gasteiger partial charge in [0, 0.05) is 18.5 Å². The van der Waals surface area contributed by atoms with Gasteiger partial charge in [-0.05, 0) is 18.2 Å². The molecule has 1 unspecified atom stereocenters. The summed E-state index contributed by atoms with van der Waals surface area (Å²) in [6, 6.07) is 7.04. The van der Waals surface area contributed by atoms with E-state index < -0.39 is 6.10 Å². The fourth-order valence-electron chi connectivity index (χ4n) is 1.57. The van der Waals surface area contributed by atoms with Crippen molar-refractivity contribution in [2.45, 2.75) is 19.6 Å². The van der Waals surface area contributed by atoms with E-state index in [0.29, 0.717) is 35.6 Å². The summed E-state index contributed by atoms with van der Waals surface area (Å²) in [6.45, 7) is 2.71. The maximum Gasteiger partial charge on any atom is 0.223 e. The molecule has 1 aromatic carbocycles. The third kappa shape index (κ3) is 4.80. The molecule has 1 aromatic heterocycles. The van der Waals surface area contributed by atoms with Crippen LogP contribution >= 0.6 is 11.6 Å². The second-order valence-electron chi connectivity index (χ2n) is 4.28. The van der Waals surface area contributed by atoms with Crippen LogP contribution in [0.5, 0.6) is 5.75 Å². The molecule has 0 aliphatic rings. The number of nitrogens with one attached hydrogen (secondary N) is 1. The van der Waals surface area contributed by atoms with E-state index in [4.69, 9.17) is 20.9 Å². The van der Waals surface area contributed by atoms with Gasteiger partial charge < -0.3 is 19.7 Å². The van der Waals surface area contributed by atoms with Gasteiger partial charge in [-0.2, -0.15) is 4.98 Å². The number of aliphatic hydroxyl groups is 1. The van der Waals surface area contributed by atoms with Crippen molar-refractivity contribution in [1.82, 2.24) is 15.5 Å². The number of aryl methyl sites for hydroxylation is 1. The first kappa shape index (κ1) is 14.8. The number of hydrogen-bond donors (Lipinski definition) is 2. The van der Waals surface area contributed by atoms with Crippen LogP contribution in [0.3, 0.4) is 0 Å². The SMILES string of the molecule is Cc1nc(CNCC(O)COc2cccc(Cl)c2)no1. The Morgan fingerprint density at radius 2 is 2.35 bits per heavy atom. The van der Waals surface area contributed by atoms with Crippen molar-refractivity contribution in [3.8, 4) is 5.75 Å². The highest BCUT2D eigenvalue weighted by atomic mass is 35.5. The number of halogens is 1. The van der Waals surface area contributed by atoms with Gasteiger partial charge >= 0.3 is 0 Å². The van der Waals surface area contributed by atoms with E-state index in [0.717, 1.165) is 0 Å². The molecule has 6 nitrogen and oxygen atoms in total. The smallest absolute Gasteiger partial charge is 0.223 e. The Bertz CT molecular complexity index is 547. The first-order valence-electron chi connectivity index (χ1n) is 6.20. The highest BCUT2D eigenvalue weighted by Crippen LogP contribution is 2.17. The van der Waals surface area contributed by atoms with Crippen molar-refractivity contribution in [3.05, 3.63) is 41.0 Å². The van der Waals surface area contributed by atoms with Gasteiger partial charge in [-0.3, -0.25) is 0 Å². The molecule has 2 aromatic rings. The normalized spacial score (nSPS) is 12.3. The van der Waals surface area contributed by atoms with Crippen LogP contribution in [0.25, 0.3) is 0 Å². The number of aliphatic hydroxyl groups excluding tert-OH is 1. The summed E-state index contributed by atoms with van der Waals surface area (Å²) in [6.07, 6.45) is -0.637. The van der Waals surface area contributed by atoms with Gasteiger partial charge in [0.1, 0.15) is 18.5 Å². The summed E-state index contributed by atoms with van der Waals surface area (Å²) in [5.74, 6) is 1.71. The number of aromatic nitrogens is 2. The maximum absolute atomic E-state index is 9.78. The predicted octanol–water partition coefficient (Wildman–Crippen LogP) is 1.56. The highest BCUT2D eigenvalue weighted by Gasteiger charge is 2.07. The molecule has 0 bridgehead atoms. The van der Waals surface area contributed by atoms with Gasteiger partial charge in [-0.15, -0.1) is 0 Å². The molecule has 0 amide bonds. The Labute approximate surface area is 121 Å². The molecule has 0 fully saturated rings. The van der Waals surface area contributed by atoms with E-state index in [1.54, 1.807) is 31.2 Å². The maximum atomic E-state index is 9.78. The summed E-state index contributed by atoms with van der Waals surface area (Å²) in [7, 11) is 0. The third-order valence-electron chi connectivity index (χ3n) is 2.47. The first-order chi connectivity index (χ1) is 9.63. The first-order valence-corrected chi connectivity index (χ1v) is 6.57. The Kier molecular flexibility index (Phi) is 5.34. The molecule has 2 N–H and O–H groups in total. The van der Waals surface area contributed by atoms with Gasteiger partial charge in [0.05, 0.1) is 6.54 Å². The zero-order valence-electron chi connectivity index (χ0n) is 11.0. The number of ether oxygens (including phenoxy) is 1. The molecule has 0 saturated carbocycles. The molecule has 0 aliphatic carbocycles. The van der Waals surface area contributed by atoms with Gasteiger partial charge in [-0.1, -0.05) is 22.8 Å². The summed E-state index contributed by atoms with van der Waals surface area (Å²) in [5.41, 5.74) is 0. The Hall–Kier alpha value is -1.63. The Balaban J connectivity index is 1.66. The fraction of sp³-hybridized carbons (Fsp3) is 0.385. The van der Waals surface area contributed by atoms with Crippen LogP contribution in [0.2, 0.25) is 5.02 Å². The second-order valence-corrected chi connectivity index (χ2v) is 4.72. The molecule has 7 heteroatoms. The van der Waals surface area contributed by atoms with Crippen LogP contribution in [-0.4, -0.2) is 34.5 Å². The van der Waals surface area contributed by atoms with Crippen molar-refractivity contribution < 1.29 is 14.4 Å². The van der Waals surface area contributed by atoms with Crippen LogP contribution in [0, 0.1) is 6.92 Å². The van der Waals surface area contributed by atoms with E-state index in [1.807, 2.05) is 0 Å². The van der Waals surface area contributed by atoms with Crippen molar-refractivity contribution >= 4 is 11.6 Å². The molecule has 1 heterocycles. The van der Waals surface area contributed by atoms with Crippen LogP contribution < -0.4 is 10.1 Å². The standard InChI is InChI=1S/C13H16ClN3O3/c1-9-16-13(17-20-9)7-15-6-11(18)8-19-12-4-2-3-10(14)5-12/h2-5,11,15,18H,6-8H2,1H3. The molecule has 2 rings (SSSR count). The lowest BCUT2D eigenvalue weighted by Gasteiger charge is -2.12. The quantitative estimate of drug-likeness (QED) is 0.807. The fourth-order valence-corrected chi connectivity index (χ4v) is 1.75. The Morgan fingerprint density at radius 1 is 1.50 bits per heavy atom. The number of rotatable bonds is 7. The number of nitrogens with zero attached hydrogens (tertiary/aromatic N) is 2. The van der Waals surface area contributed by atoms with Crippen LogP contribution in [0.15, 0.2) is 28.8 Å². The van der Waals surface area contributed by atoms with E-state index in [2.05, 4.69) is 15.5 Å². The number of benzene rings is 1. The third-order valence-corrected chi connectivity index (χ3v) is 2.71. The van der Waals surface area contributed by atoms with E-state index in [9.17, 15) is 5.11 Å². The van der Waals surface area contributed by atoms with E-state index >= 15 is 0 Å². The minimum Gasteiger partial charge on any atom is -0.491 e. The molecule has 0 radical (unpaired) electrons. The zero-order chi connectivity index (χ0) is 14.4. The minimum absolute atomic E-state index is 0.179. The lowest BCUT2D eigenvalue weighted by molar-refractivity contribution is 0.106. The summed E-state index contributed by atoms with van der Waals surface area (Å²) >= 11 is 5.84. The topological polar surface area (TPSA) is 80.4 Å². The molecule has 0 saturated heterocycles. The van der Waals surface area contributed by atoms with E-state index in [1.165, 1.54) is 0 Å². The number of hydrogen-bond acceptors (Lipinski definition) is 6. The Morgan fingerprint density at radius 3 is 3.05 bits per heavy atom. The monoisotopic (exact) mass is 297 g/mol. The van der Waals surface area contributed by atoms with Gasteiger partial charge in [0.15, 0.2) is 5.82 Å². The summed E-state index contributed by atoms with van der Waals surface area (Å²) in [4.78, 5) is 4.04. The second kappa shape index (κ2) is 7.23. The molecule has 20 heavy (non-hydrogen) atoms. The van der Waals surface area contributed by atoms with Gasteiger partial charge in [0.25, 0.3) is 0 Å². The zero-order valence-corrected chi connectivity index (χ0v) is 11.8.